The maximum atomic E-state index is 5.93. The average Bonchev–Trinajstić information content (AvgIpc) is 2.63. The van der Waals surface area contributed by atoms with Crippen molar-refractivity contribution in [1.82, 2.24) is 10.1 Å². The van der Waals surface area contributed by atoms with Crippen molar-refractivity contribution in [1.29, 1.82) is 0 Å². The lowest BCUT2D eigenvalue weighted by Gasteiger charge is -2.14. The number of nitrogens with zero attached hydrogens (tertiary/aromatic N) is 2. The van der Waals surface area contributed by atoms with Gasteiger partial charge in [0.05, 0.1) is 0 Å². The smallest absolute Gasteiger partial charge is 0.228 e. The second-order valence-electron chi connectivity index (χ2n) is 5.16. The predicted molar refractivity (Wildman–Crippen MR) is 74.1 cm³/mol. The molecule has 0 aliphatic heterocycles. The van der Waals surface area contributed by atoms with Gasteiger partial charge >= 0.3 is 0 Å². The van der Waals surface area contributed by atoms with Crippen molar-refractivity contribution in [3.05, 3.63) is 34.1 Å². The summed E-state index contributed by atoms with van der Waals surface area (Å²) in [6.45, 7) is 5.89. The monoisotopic (exact) mass is 309 g/mol. The molecule has 0 bridgehead atoms. The van der Waals surface area contributed by atoms with Crippen molar-refractivity contribution < 1.29 is 4.52 Å². The lowest BCUT2D eigenvalue weighted by molar-refractivity contribution is 0.348. The molecular weight excluding hydrogens is 294 g/mol. The van der Waals surface area contributed by atoms with E-state index in [2.05, 4.69) is 26.1 Å². The number of aryl methyl sites for hydroxylation is 1. The molecule has 0 radical (unpaired) electrons. The quantitative estimate of drug-likeness (QED) is 0.946. The summed E-state index contributed by atoms with van der Waals surface area (Å²) in [6, 6.07) is 6.02. The molecular formula is C13H16BrN3O. The van der Waals surface area contributed by atoms with Gasteiger partial charge in [0.2, 0.25) is 11.7 Å². The number of nitrogens with two attached hydrogens (primary N) is 1. The van der Waals surface area contributed by atoms with Crippen molar-refractivity contribution in [2.45, 2.75) is 32.7 Å². The summed E-state index contributed by atoms with van der Waals surface area (Å²) in [5.41, 5.74) is 7.68. The van der Waals surface area contributed by atoms with Crippen molar-refractivity contribution in [2.24, 2.45) is 5.73 Å². The molecule has 2 rings (SSSR count). The number of benzene rings is 1. The van der Waals surface area contributed by atoms with Crippen molar-refractivity contribution in [2.75, 3.05) is 0 Å². The van der Waals surface area contributed by atoms with Crippen molar-refractivity contribution in [3.8, 4) is 11.4 Å². The number of hydrogen-bond acceptors (Lipinski definition) is 4. The molecule has 0 saturated carbocycles. The highest BCUT2D eigenvalue weighted by molar-refractivity contribution is 9.10. The zero-order valence-corrected chi connectivity index (χ0v) is 12.3. The third-order valence-electron chi connectivity index (χ3n) is 2.44. The van der Waals surface area contributed by atoms with Gasteiger partial charge in [-0.1, -0.05) is 27.2 Å². The molecule has 0 fully saturated rings. The van der Waals surface area contributed by atoms with Crippen LogP contribution in [0.1, 0.15) is 25.3 Å². The van der Waals surface area contributed by atoms with E-state index in [4.69, 9.17) is 10.3 Å². The summed E-state index contributed by atoms with van der Waals surface area (Å²) < 4.78 is 6.18. The number of aromatic nitrogens is 2. The Morgan fingerprint density at radius 3 is 2.72 bits per heavy atom. The van der Waals surface area contributed by atoms with E-state index >= 15 is 0 Å². The van der Waals surface area contributed by atoms with Gasteiger partial charge in [-0.25, -0.2) is 0 Å². The van der Waals surface area contributed by atoms with Crippen LogP contribution in [0.15, 0.2) is 27.2 Å². The highest BCUT2D eigenvalue weighted by atomic mass is 79.9. The molecule has 2 N–H and O–H groups in total. The molecule has 4 nitrogen and oxygen atoms in total. The highest BCUT2D eigenvalue weighted by Gasteiger charge is 2.18. The Hall–Kier alpha value is -1.20. The van der Waals surface area contributed by atoms with Gasteiger partial charge in [0, 0.05) is 22.0 Å². The fourth-order valence-electron chi connectivity index (χ4n) is 1.63. The van der Waals surface area contributed by atoms with Gasteiger partial charge in [-0.05, 0) is 38.5 Å². The predicted octanol–water partition coefficient (Wildman–Crippen LogP) is 3.09. The SMILES string of the molecule is Cc1ccc(-c2noc(CC(C)(C)N)n2)c(Br)c1. The van der Waals surface area contributed by atoms with Gasteiger partial charge in [-0.15, -0.1) is 0 Å². The summed E-state index contributed by atoms with van der Waals surface area (Å²) in [4.78, 5) is 4.37. The highest BCUT2D eigenvalue weighted by Crippen LogP contribution is 2.27. The number of halogens is 1. The molecule has 0 aliphatic rings. The van der Waals surface area contributed by atoms with Crippen LogP contribution in [0.4, 0.5) is 0 Å². The first-order valence-electron chi connectivity index (χ1n) is 5.73. The van der Waals surface area contributed by atoms with Crippen LogP contribution in [0.5, 0.6) is 0 Å². The van der Waals surface area contributed by atoms with E-state index in [9.17, 15) is 0 Å². The largest absolute Gasteiger partial charge is 0.339 e. The van der Waals surface area contributed by atoms with Gasteiger partial charge in [-0.2, -0.15) is 4.98 Å². The molecule has 1 aromatic heterocycles. The van der Waals surface area contributed by atoms with E-state index < -0.39 is 0 Å². The zero-order chi connectivity index (χ0) is 13.3. The van der Waals surface area contributed by atoms with E-state index in [1.807, 2.05) is 39.0 Å². The van der Waals surface area contributed by atoms with E-state index in [0.29, 0.717) is 18.1 Å². The lowest BCUT2D eigenvalue weighted by atomic mass is 10.0. The first-order valence-corrected chi connectivity index (χ1v) is 6.52. The van der Waals surface area contributed by atoms with Gasteiger partial charge in [0.1, 0.15) is 0 Å². The zero-order valence-electron chi connectivity index (χ0n) is 10.7. The van der Waals surface area contributed by atoms with Crippen LogP contribution in [-0.2, 0) is 6.42 Å². The van der Waals surface area contributed by atoms with Gasteiger partial charge in [0.25, 0.3) is 0 Å². The first-order chi connectivity index (χ1) is 8.35. The van der Waals surface area contributed by atoms with Crippen LogP contribution in [0.25, 0.3) is 11.4 Å². The summed E-state index contributed by atoms with van der Waals surface area (Å²) in [6.07, 6.45) is 0.559. The molecule has 1 heterocycles. The Balaban J connectivity index is 2.29. The van der Waals surface area contributed by atoms with Gasteiger partial charge < -0.3 is 10.3 Å². The topological polar surface area (TPSA) is 64.9 Å². The average molecular weight is 310 g/mol. The second-order valence-corrected chi connectivity index (χ2v) is 6.01. The molecule has 0 amide bonds. The van der Waals surface area contributed by atoms with Crippen LogP contribution in [0.2, 0.25) is 0 Å². The fraction of sp³-hybridized carbons (Fsp3) is 0.385. The third-order valence-corrected chi connectivity index (χ3v) is 3.10. The molecule has 18 heavy (non-hydrogen) atoms. The van der Waals surface area contributed by atoms with Crippen LogP contribution in [-0.4, -0.2) is 15.7 Å². The summed E-state index contributed by atoms with van der Waals surface area (Å²) >= 11 is 3.51. The minimum Gasteiger partial charge on any atom is -0.339 e. The molecule has 0 spiro atoms. The minimum atomic E-state index is -0.353. The Morgan fingerprint density at radius 2 is 2.11 bits per heavy atom. The van der Waals surface area contributed by atoms with Gasteiger partial charge in [-0.3, -0.25) is 0 Å². The molecule has 0 unspecified atom stereocenters. The Bertz CT molecular complexity index is 558. The maximum absolute atomic E-state index is 5.93. The summed E-state index contributed by atoms with van der Waals surface area (Å²) in [5.74, 6) is 1.14. The third kappa shape index (κ3) is 3.17. The fourth-order valence-corrected chi connectivity index (χ4v) is 2.30. The van der Waals surface area contributed by atoms with E-state index in [1.54, 1.807) is 0 Å². The van der Waals surface area contributed by atoms with Crippen LogP contribution < -0.4 is 5.73 Å². The minimum absolute atomic E-state index is 0.353. The van der Waals surface area contributed by atoms with Gasteiger partial charge in [0.15, 0.2) is 0 Å². The first kappa shape index (κ1) is 13.2. The van der Waals surface area contributed by atoms with Crippen LogP contribution in [0, 0.1) is 6.92 Å². The van der Waals surface area contributed by atoms with Crippen LogP contribution >= 0.6 is 15.9 Å². The maximum Gasteiger partial charge on any atom is 0.228 e. The molecule has 0 atom stereocenters. The molecule has 0 saturated heterocycles. The van der Waals surface area contributed by atoms with Crippen molar-refractivity contribution in [3.63, 3.8) is 0 Å². The molecule has 1 aromatic carbocycles. The van der Waals surface area contributed by atoms with Crippen LogP contribution in [0.3, 0.4) is 0 Å². The van der Waals surface area contributed by atoms with E-state index in [1.165, 1.54) is 5.56 Å². The van der Waals surface area contributed by atoms with E-state index in [0.717, 1.165) is 10.0 Å². The Kier molecular flexibility index (Phi) is 3.54. The molecule has 5 heteroatoms. The standard InChI is InChI=1S/C13H16BrN3O/c1-8-4-5-9(10(14)6-8)12-16-11(18-17-12)7-13(2,3)15/h4-6H,7,15H2,1-3H3. The van der Waals surface area contributed by atoms with E-state index in [-0.39, 0.29) is 5.54 Å². The summed E-state index contributed by atoms with van der Waals surface area (Å²) in [7, 11) is 0. The number of rotatable bonds is 3. The Labute approximate surface area is 115 Å². The Morgan fingerprint density at radius 1 is 1.39 bits per heavy atom. The number of hydrogen-bond donors (Lipinski definition) is 1. The normalized spacial score (nSPS) is 11.8. The molecule has 96 valence electrons. The molecule has 0 aliphatic carbocycles. The molecule has 2 aromatic rings. The van der Waals surface area contributed by atoms with Crippen molar-refractivity contribution >= 4 is 15.9 Å². The second kappa shape index (κ2) is 4.82. The summed E-state index contributed by atoms with van der Waals surface area (Å²) in [5, 5.41) is 3.99. The lowest BCUT2D eigenvalue weighted by Crippen LogP contribution is -2.34.